The molecule has 2 rings (SSSR count). The first-order valence-electron chi connectivity index (χ1n) is 7.30. The summed E-state index contributed by atoms with van der Waals surface area (Å²) in [7, 11) is -5.94. The highest BCUT2D eigenvalue weighted by Crippen LogP contribution is 2.31. The molecular weight excluding hydrogens is 338 g/mol. The molecule has 1 aromatic rings. The van der Waals surface area contributed by atoms with Crippen LogP contribution in [0.4, 0.5) is 0 Å². The summed E-state index contributed by atoms with van der Waals surface area (Å²) >= 11 is 0. The van der Waals surface area contributed by atoms with Crippen molar-refractivity contribution in [2.75, 3.05) is 20.1 Å². The first kappa shape index (κ1) is 18.3. The molecule has 0 aliphatic carbocycles. The van der Waals surface area contributed by atoms with Gasteiger partial charge in [0.2, 0.25) is 20.0 Å². The maximum atomic E-state index is 12.7. The number of sulfonamides is 2. The van der Waals surface area contributed by atoms with E-state index in [9.17, 15) is 16.8 Å². The van der Waals surface area contributed by atoms with E-state index in [-0.39, 0.29) is 21.2 Å². The Hall–Kier alpha value is -1.00. The Morgan fingerprint density at radius 2 is 1.65 bits per heavy atom. The third kappa shape index (κ3) is 3.58. The highest BCUT2D eigenvalue weighted by molar-refractivity contribution is 7.89. The molecule has 0 aromatic heterocycles. The van der Waals surface area contributed by atoms with Crippen LogP contribution in [0.1, 0.15) is 20.3 Å². The van der Waals surface area contributed by atoms with Gasteiger partial charge in [0, 0.05) is 19.1 Å². The lowest BCUT2D eigenvalue weighted by Gasteiger charge is -2.41. The van der Waals surface area contributed by atoms with Gasteiger partial charge < -0.3 is 5.73 Å². The molecule has 0 spiro atoms. The Morgan fingerprint density at radius 3 is 2.13 bits per heavy atom. The van der Waals surface area contributed by atoms with Gasteiger partial charge >= 0.3 is 0 Å². The fraction of sp³-hybridized carbons (Fsp3) is 0.571. The molecule has 1 aromatic carbocycles. The lowest BCUT2D eigenvalue weighted by Crippen LogP contribution is -2.53. The number of nitrogens with one attached hydrogen (secondary N) is 1. The molecule has 23 heavy (non-hydrogen) atoms. The van der Waals surface area contributed by atoms with E-state index in [0.717, 1.165) is 0 Å². The van der Waals surface area contributed by atoms with Crippen LogP contribution >= 0.6 is 0 Å². The van der Waals surface area contributed by atoms with Crippen LogP contribution in [0.3, 0.4) is 0 Å². The molecule has 1 aliphatic heterocycles. The third-order valence-corrected chi connectivity index (χ3v) is 7.61. The van der Waals surface area contributed by atoms with Crippen molar-refractivity contribution < 1.29 is 16.8 Å². The van der Waals surface area contributed by atoms with Crippen molar-refractivity contribution in [2.24, 2.45) is 11.1 Å². The Kier molecular flexibility index (Phi) is 4.89. The van der Waals surface area contributed by atoms with E-state index in [4.69, 9.17) is 5.73 Å². The fourth-order valence-electron chi connectivity index (χ4n) is 2.59. The minimum atomic E-state index is -3.66. The van der Waals surface area contributed by atoms with Gasteiger partial charge in [-0.2, -0.15) is 4.31 Å². The van der Waals surface area contributed by atoms with Crippen LogP contribution in [0.25, 0.3) is 0 Å². The van der Waals surface area contributed by atoms with Crippen molar-refractivity contribution in [3.8, 4) is 0 Å². The van der Waals surface area contributed by atoms with Crippen LogP contribution in [-0.2, 0) is 20.0 Å². The van der Waals surface area contributed by atoms with E-state index >= 15 is 0 Å². The molecule has 9 heteroatoms. The summed E-state index contributed by atoms with van der Waals surface area (Å²) in [5.41, 5.74) is 5.74. The van der Waals surface area contributed by atoms with Gasteiger partial charge in [-0.15, -0.1) is 0 Å². The SMILES string of the molecule is CNS(=O)(=O)c1ccc(S(=O)(=O)N2CCC(N)C(C)(C)C2)cc1. The Labute approximate surface area is 138 Å². The Bertz CT molecular complexity index is 771. The lowest BCUT2D eigenvalue weighted by atomic mass is 9.81. The van der Waals surface area contributed by atoms with E-state index in [1.165, 1.54) is 35.6 Å². The zero-order valence-corrected chi connectivity index (χ0v) is 15.1. The smallest absolute Gasteiger partial charge is 0.243 e. The average Bonchev–Trinajstić information content (AvgIpc) is 2.50. The number of hydrogen-bond acceptors (Lipinski definition) is 5. The summed E-state index contributed by atoms with van der Waals surface area (Å²) < 4.78 is 52.5. The lowest BCUT2D eigenvalue weighted by molar-refractivity contribution is 0.155. The van der Waals surface area contributed by atoms with Gasteiger partial charge in [0.05, 0.1) is 9.79 Å². The molecular formula is C14H23N3O4S2. The van der Waals surface area contributed by atoms with Gasteiger partial charge in [-0.3, -0.25) is 0 Å². The van der Waals surface area contributed by atoms with Crippen LogP contribution in [-0.4, -0.2) is 47.3 Å². The van der Waals surface area contributed by atoms with Gasteiger partial charge in [0.25, 0.3) is 0 Å². The Balaban J connectivity index is 2.30. The largest absolute Gasteiger partial charge is 0.327 e. The predicted octanol–water partition coefficient (Wildman–Crippen LogP) is 0.343. The van der Waals surface area contributed by atoms with Crippen molar-refractivity contribution >= 4 is 20.0 Å². The van der Waals surface area contributed by atoms with Gasteiger partial charge in [-0.1, -0.05) is 13.8 Å². The van der Waals surface area contributed by atoms with Crippen molar-refractivity contribution in [2.45, 2.75) is 36.1 Å². The molecule has 0 saturated carbocycles. The number of hydrogen-bond donors (Lipinski definition) is 2. The maximum absolute atomic E-state index is 12.7. The van der Waals surface area contributed by atoms with Crippen molar-refractivity contribution in [1.29, 1.82) is 0 Å². The molecule has 0 radical (unpaired) electrons. The topological polar surface area (TPSA) is 110 Å². The summed E-state index contributed by atoms with van der Waals surface area (Å²) in [6, 6.07) is 5.18. The summed E-state index contributed by atoms with van der Waals surface area (Å²) in [6.45, 7) is 4.60. The molecule has 0 amide bonds. The van der Waals surface area contributed by atoms with Crippen molar-refractivity contribution in [1.82, 2.24) is 9.03 Å². The molecule has 1 saturated heterocycles. The van der Waals surface area contributed by atoms with Gasteiger partial charge in [0.1, 0.15) is 0 Å². The molecule has 1 heterocycles. The zero-order valence-electron chi connectivity index (χ0n) is 13.5. The number of nitrogens with zero attached hydrogens (tertiary/aromatic N) is 1. The first-order valence-corrected chi connectivity index (χ1v) is 10.2. The second-order valence-electron chi connectivity index (χ2n) is 6.40. The number of rotatable bonds is 4. The molecule has 130 valence electrons. The monoisotopic (exact) mass is 361 g/mol. The first-order chi connectivity index (χ1) is 10.5. The van der Waals surface area contributed by atoms with E-state index in [2.05, 4.69) is 4.72 Å². The number of benzene rings is 1. The summed E-state index contributed by atoms with van der Waals surface area (Å²) in [5, 5.41) is 0. The third-order valence-electron chi connectivity index (χ3n) is 4.32. The second kappa shape index (κ2) is 6.14. The molecule has 1 atom stereocenters. The van der Waals surface area contributed by atoms with Gasteiger partial charge in [0.15, 0.2) is 0 Å². The number of nitrogens with two attached hydrogens (primary N) is 1. The summed E-state index contributed by atoms with van der Waals surface area (Å²) in [4.78, 5) is 0.110. The summed E-state index contributed by atoms with van der Waals surface area (Å²) in [6.07, 6.45) is 0.596. The van der Waals surface area contributed by atoms with E-state index in [1.54, 1.807) is 0 Å². The van der Waals surface area contributed by atoms with Gasteiger partial charge in [-0.05, 0) is 43.1 Å². The molecule has 1 aliphatic rings. The molecule has 1 unspecified atom stereocenters. The van der Waals surface area contributed by atoms with Crippen molar-refractivity contribution in [3.63, 3.8) is 0 Å². The molecule has 7 nitrogen and oxygen atoms in total. The van der Waals surface area contributed by atoms with Crippen LogP contribution in [0.15, 0.2) is 34.1 Å². The second-order valence-corrected chi connectivity index (χ2v) is 10.2. The van der Waals surface area contributed by atoms with E-state index in [1.807, 2.05) is 13.8 Å². The highest BCUT2D eigenvalue weighted by Gasteiger charge is 2.38. The van der Waals surface area contributed by atoms with Crippen molar-refractivity contribution in [3.05, 3.63) is 24.3 Å². The maximum Gasteiger partial charge on any atom is 0.243 e. The van der Waals surface area contributed by atoms with Crippen LogP contribution in [0.5, 0.6) is 0 Å². The highest BCUT2D eigenvalue weighted by atomic mass is 32.2. The van der Waals surface area contributed by atoms with Crippen LogP contribution in [0.2, 0.25) is 0 Å². The van der Waals surface area contributed by atoms with E-state index < -0.39 is 20.0 Å². The average molecular weight is 361 g/mol. The Morgan fingerprint density at radius 1 is 1.13 bits per heavy atom. The summed E-state index contributed by atoms with van der Waals surface area (Å²) in [5.74, 6) is 0. The van der Waals surface area contributed by atoms with Crippen LogP contribution < -0.4 is 10.5 Å². The van der Waals surface area contributed by atoms with Crippen LogP contribution in [0, 0.1) is 5.41 Å². The molecule has 3 N–H and O–H groups in total. The zero-order chi connectivity index (χ0) is 17.5. The minimum Gasteiger partial charge on any atom is -0.327 e. The fourth-order valence-corrected chi connectivity index (χ4v) is 4.94. The predicted molar refractivity (Wildman–Crippen MR) is 87.8 cm³/mol. The standard InChI is InChI=1S/C14H23N3O4S2/c1-14(2)10-17(9-8-13(14)15)23(20,21)12-6-4-11(5-7-12)22(18,19)16-3/h4-7,13,16H,8-10,15H2,1-3H3. The number of piperidine rings is 1. The quantitative estimate of drug-likeness (QED) is 0.804. The molecule has 1 fully saturated rings. The normalized spacial score (nSPS) is 22.9. The van der Waals surface area contributed by atoms with Gasteiger partial charge in [-0.25, -0.2) is 21.6 Å². The molecule has 0 bridgehead atoms. The minimum absolute atomic E-state index is 0.0277. The van der Waals surface area contributed by atoms with E-state index in [0.29, 0.717) is 19.5 Å².